The van der Waals surface area contributed by atoms with E-state index >= 15 is 0 Å². The first-order chi connectivity index (χ1) is 8.15. The third-order valence-electron chi connectivity index (χ3n) is 3.85. The van der Waals surface area contributed by atoms with Crippen LogP contribution in [0.5, 0.6) is 0 Å². The molecule has 5 nitrogen and oxygen atoms in total. The standard InChI is InChI=1S/C12H21N3O2.H2/c1-8(16)11-7-14-6-9-4-3-5-10(13-2)12(17)15(9)11;/h9-11,13-14H,3-7H2,1-2H3;1H. The van der Waals surface area contributed by atoms with E-state index in [2.05, 4.69) is 10.6 Å². The molecule has 0 spiro atoms. The van der Waals surface area contributed by atoms with Gasteiger partial charge >= 0.3 is 0 Å². The lowest BCUT2D eigenvalue weighted by Gasteiger charge is -2.41. The molecule has 0 aliphatic carbocycles. The summed E-state index contributed by atoms with van der Waals surface area (Å²) in [5.41, 5.74) is 0. The van der Waals surface area contributed by atoms with Gasteiger partial charge in [-0.25, -0.2) is 0 Å². The van der Waals surface area contributed by atoms with Crippen LogP contribution in [0.2, 0.25) is 0 Å². The van der Waals surface area contributed by atoms with Crippen molar-refractivity contribution in [1.82, 2.24) is 15.5 Å². The Balaban J connectivity index is 0.00000162. The van der Waals surface area contributed by atoms with E-state index in [-0.39, 0.29) is 31.2 Å². The zero-order valence-electron chi connectivity index (χ0n) is 10.5. The molecule has 2 heterocycles. The molecule has 0 aromatic carbocycles. The van der Waals surface area contributed by atoms with Crippen molar-refractivity contribution >= 4 is 11.7 Å². The molecule has 2 aliphatic heterocycles. The van der Waals surface area contributed by atoms with Gasteiger partial charge in [0.15, 0.2) is 5.78 Å². The van der Waals surface area contributed by atoms with E-state index in [1.807, 2.05) is 11.9 Å². The molecule has 0 bridgehead atoms. The average molecular weight is 241 g/mol. The first-order valence-corrected chi connectivity index (χ1v) is 6.35. The minimum absolute atomic E-state index is 0. The van der Waals surface area contributed by atoms with E-state index in [4.69, 9.17) is 0 Å². The van der Waals surface area contributed by atoms with Crippen LogP contribution in [0.3, 0.4) is 0 Å². The van der Waals surface area contributed by atoms with Crippen LogP contribution < -0.4 is 10.6 Å². The van der Waals surface area contributed by atoms with Crippen LogP contribution in [0.1, 0.15) is 27.6 Å². The number of carbonyl (C=O) groups excluding carboxylic acids is 2. The molecular formula is C12H23N3O2. The number of hydrogen-bond acceptors (Lipinski definition) is 4. The van der Waals surface area contributed by atoms with Crippen molar-refractivity contribution in [2.75, 3.05) is 20.1 Å². The molecule has 2 fully saturated rings. The molecule has 3 unspecified atom stereocenters. The molecule has 0 aromatic rings. The van der Waals surface area contributed by atoms with Crippen LogP contribution in [-0.4, -0.2) is 54.9 Å². The van der Waals surface area contributed by atoms with Crippen LogP contribution in [0.25, 0.3) is 0 Å². The predicted molar refractivity (Wildman–Crippen MR) is 66.8 cm³/mol. The van der Waals surface area contributed by atoms with E-state index in [0.29, 0.717) is 6.54 Å². The molecule has 0 radical (unpaired) electrons. The van der Waals surface area contributed by atoms with E-state index < -0.39 is 0 Å². The van der Waals surface area contributed by atoms with Crippen molar-refractivity contribution in [3.63, 3.8) is 0 Å². The summed E-state index contributed by atoms with van der Waals surface area (Å²) in [6.07, 6.45) is 2.89. The highest BCUT2D eigenvalue weighted by Gasteiger charge is 2.40. The Morgan fingerprint density at radius 2 is 2.24 bits per heavy atom. The largest absolute Gasteiger partial charge is 0.326 e. The molecule has 0 aromatic heterocycles. The first-order valence-electron chi connectivity index (χ1n) is 6.35. The first kappa shape index (κ1) is 12.5. The molecule has 98 valence electrons. The number of piperazine rings is 1. The number of nitrogens with one attached hydrogen (secondary N) is 2. The fourth-order valence-corrected chi connectivity index (χ4v) is 2.88. The van der Waals surface area contributed by atoms with Crippen molar-refractivity contribution in [2.45, 2.75) is 44.3 Å². The SMILES string of the molecule is CNC1CCCC2CNCC(C(C)=O)N2C1=O.[HH]. The quantitative estimate of drug-likeness (QED) is 0.700. The normalized spacial score (nSPS) is 34.1. The fourth-order valence-electron chi connectivity index (χ4n) is 2.88. The van der Waals surface area contributed by atoms with Crippen molar-refractivity contribution in [1.29, 1.82) is 0 Å². The van der Waals surface area contributed by atoms with Gasteiger partial charge in [0.05, 0.1) is 6.04 Å². The number of likely N-dealkylation sites (N-methyl/N-ethyl adjacent to an activating group) is 1. The van der Waals surface area contributed by atoms with Gasteiger partial charge in [-0.05, 0) is 33.2 Å². The number of rotatable bonds is 2. The van der Waals surface area contributed by atoms with Crippen molar-refractivity contribution in [2.24, 2.45) is 0 Å². The second kappa shape index (κ2) is 5.14. The second-order valence-electron chi connectivity index (χ2n) is 4.96. The predicted octanol–water partition coefficient (Wildman–Crippen LogP) is -0.238. The Kier molecular flexibility index (Phi) is 3.79. The van der Waals surface area contributed by atoms with Crippen LogP contribution >= 0.6 is 0 Å². The van der Waals surface area contributed by atoms with E-state index in [9.17, 15) is 9.59 Å². The van der Waals surface area contributed by atoms with Gasteiger partial charge in [0, 0.05) is 20.6 Å². The maximum absolute atomic E-state index is 12.4. The number of Topliss-reactive ketones (excluding diaryl/α,β-unsaturated/α-hetero) is 1. The van der Waals surface area contributed by atoms with Gasteiger partial charge in [-0.15, -0.1) is 0 Å². The maximum Gasteiger partial charge on any atom is 0.240 e. The summed E-state index contributed by atoms with van der Waals surface area (Å²) < 4.78 is 0. The van der Waals surface area contributed by atoms with Gasteiger partial charge in [-0.2, -0.15) is 0 Å². The second-order valence-corrected chi connectivity index (χ2v) is 4.96. The molecule has 2 saturated heterocycles. The summed E-state index contributed by atoms with van der Waals surface area (Å²) in [7, 11) is 1.81. The lowest BCUT2D eigenvalue weighted by Crippen LogP contribution is -2.63. The van der Waals surface area contributed by atoms with Crippen LogP contribution in [0.15, 0.2) is 0 Å². The van der Waals surface area contributed by atoms with Crippen LogP contribution in [-0.2, 0) is 9.59 Å². The Labute approximate surface area is 103 Å². The molecule has 1 amide bonds. The average Bonchev–Trinajstić information content (AvgIpc) is 2.48. The Bertz CT molecular complexity index is 324. The highest BCUT2D eigenvalue weighted by Crippen LogP contribution is 2.23. The van der Waals surface area contributed by atoms with Gasteiger partial charge in [0.25, 0.3) is 0 Å². The van der Waals surface area contributed by atoms with Gasteiger partial charge in [-0.1, -0.05) is 0 Å². The van der Waals surface area contributed by atoms with Gasteiger partial charge < -0.3 is 15.5 Å². The molecule has 0 saturated carbocycles. The molecule has 2 N–H and O–H groups in total. The summed E-state index contributed by atoms with van der Waals surface area (Å²) in [6, 6.07) is -0.223. The van der Waals surface area contributed by atoms with Gasteiger partial charge in [-0.3, -0.25) is 9.59 Å². The number of carbonyl (C=O) groups is 2. The van der Waals surface area contributed by atoms with E-state index in [1.54, 1.807) is 6.92 Å². The third-order valence-corrected chi connectivity index (χ3v) is 3.85. The fraction of sp³-hybridized carbons (Fsp3) is 0.833. The third kappa shape index (κ3) is 2.35. The minimum atomic E-state index is -0.282. The summed E-state index contributed by atoms with van der Waals surface area (Å²) in [5, 5.41) is 6.32. The summed E-state index contributed by atoms with van der Waals surface area (Å²) in [4.78, 5) is 25.9. The number of hydrogen-bond donors (Lipinski definition) is 2. The molecule has 2 aliphatic rings. The van der Waals surface area contributed by atoms with Gasteiger partial charge in [0.1, 0.15) is 6.04 Å². The van der Waals surface area contributed by atoms with E-state index in [1.165, 1.54) is 0 Å². The molecule has 2 rings (SSSR count). The topological polar surface area (TPSA) is 61.4 Å². The number of fused-ring (bicyclic) bond motifs is 1. The molecular weight excluding hydrogens is 218 g/mol. The Morgan fingerprint density at radius 1 is 1.47 bits per heavy atom. The molecule has 3 atom stereocenters. The van der Waals surface area contributed by atoms with Crippen LogP contribution in [0, 0.1) is 0 Å². The van der Waals surface area contributed by atoms with Crippen molar-refractivity contribution in [3.8, 4) is 0 Å². The highest BCUT2D eigenvalue weighted by molar-refractivity contribution is 5.90. The van der Waals surface area contributed by atoms with Crippen molar-refractivity contribution < 1.29 is 11.0 Å². The molecule has 17 heavy (non-hydrogen) atoms. The minimum Gasteiger partial charge on any atom is -0.326 e. The Hall–Kier alpha value is -0.940. The lowest BCUT2D eigenvalue weighted by atomic mass is 10.0. The number of amides is 1. The highest BCUT2D eigenvalue weighted by atomic mass is 16.2. The number of ketones is 1. The zero-order chi connectivity index (χ0) is 12.4. The lowest BCUT2D eigenvalue weighted by molar-refractivity contribution is -0.144. The smallest absolute Gasteiger partial charge is 0.240 e. The number of nitrogens with zero attached hydrogens (tertiary/aromatic N) is 1. The summed E-state index contributed by atoms with van der Waals surface area (Å²) in [6.45, 7) is 2.97. The summed E-state index contributed by atoms with van der Waals surface area (Å²) >= 11 is 0. The zero-order valence-corrected chi connectivity index (χ0v) is 10.5. The molecule has 5 heteroatoms. The van der Waals surface area contributed by atoms with Gasteiger partial charge in [0.2, 0.25) is 5.91 Å². The van der Waals surface area contributed by atoms with Crippen LogP contribution in [0.4, 0.5) is 0 Å². The van der Waals surface area contributed by atoms with E-state index in [0.717, 1.165) is 25.8 Å². The monoisotopic (exact) mass is 241 g/mol. The van der Waals surface area contributed by atoms with Crippen molar-refractivity contribution in [3.05, 3.63) is 0 Å². The maximum atomic E-state index is 12.4. The Morgan fingerprint density at radius 3 is 2.88 bits per heavy atom. The summed E-state index contributed by atoms with van der Waals surface area (Å²) in [5.74, 6) is 0.170.